The summed E-state index contributed by atoms with van der Waals surface area (Å²) in [6.07, 6.45) is 1.97. The van der Waals surface area contributed by atoms with Crippen LogP contribution < -0.4 is 5.32 Å². The van der Waals surface area contributed by atoms with Gasteiger partial charge in [0.2, 0.25) is 0 Å². The normalized spacial score (nSPS) is 14.1. The van der Waals surface area contributed by atoms with E-state index in [0.29, 0.717) is 5.56 Å². The van der Waals surface area contributed by atoms with Crippen LogP contribution in [-0.2, 0) is 9.53 Å². The summed E-state index contributed by atoms with van der Waals surface area (Å²) in [5, 5.41) is 12.4. The van der Waals surface area contributed by atoms with E-state index < -0.39 is 5.97 Å². The first-order chi connectivity index (χ1) is 8.58. The number of phenols is 1. The molecule has 1 aromatic carbocycles. The predicted octanol–water partition coefficient (Wildman–Crippen LogP) is 1.14. The van der Waals surface area contributed by atoms with E-state index in [1.807, 2.05) is 0 Å². The highest BCUT2D eigenvalue weighted by Gasteiger charge is 2.24. The van der Waals surface area contributed by atoms with Crippen molar-refractivity contribution in [2.24, 2.45) is 0 Å². The molecule has 5 nitrogen and oxygen atoms in total. The quantitative estimate of drug-likeness (QED) is 0.784. The van der Waals surface area contributed by atoms with Crippen molar-refractivity contribution in [1.82, 2.24) is 5.32 Å². The lowest BCUT2D eigenvalue weighted by Gasteiger charge is -2.07. The maximum absolute atomic E-state index is 11.7. The van der Waals surface area contributed by atoms with Crippen molar-refractivity contribution in [2.45, 2.75) is 25.8 Å². The fourth-order valence-electron chi connectivity index (χ4n) is 1.53. The van der Waals surface area contributed by atoms with Crippen LogP contribution in [0, 0.1) is 6.92 Å². The van der Waals surface area contributed by atoms with Crippen molar-refractivity contribution in [3.63, 3.8) is 0 Å². The molecule has 1 aromatic rings. The number of amides is 1. The van der Waals surface area contributed by atoms with Crippen LogP contribution in [-0.4, -0.2) is 29.6 Å². The number of hydrogen-bond donors (Lipinski definition) is 2. The summed E-state index contributed by atoms with van der Waals surface area (Å²) in [5.41, 5.74) is 0.668. The summed E-state index contributed by atoms with van der Waals surface area (Å²) in [6, 6.07) is 5.04. The molecule has 96 valence electrons. The average molecular weight is 249 g/mol. The zero-order valence-electron chi connectivity index (χ0n) is 10.1. The fourth-order valence-corrected chi connectivity index (χ4v) is 1.53. The van der Waals surface area contributed by atoms with Gasteiger partial charge < -0.3 is 15.2 Å². The van der Waals surface area contributed by atoms with Gasteiger partial charge >= 0.3 is 5.97 Å². The van der Waals surface area contributed by atoms with E-state index in [0.717, 1.165) is 12.8 Å². The second kappa shape index (κ2) is 5.08. The van der Waals surface area contributed by atoms with Crippen LogP contribution in [0.25, 0.3) is 0 Å². The van der Waals surface area contributed by atoms with Crippen LogP contribution in [0.2, 0.25) is 0 Å². The van der Waals surface area contributed by atoms with Crippen molar-refractivity contribution in [3.8, 4) is 5.75 Å². The minimum Gasteiger partial charge on any atom is -0.507 e. The molecule has 0 saturated heterocycles. The molecule has 0 bridgehead atoms. The van der Waals surface area contributed by atoms with Crippen LogP contribution >= 0.6 is 0 Å². The van der Waals surface area contributed by atoms with E-state index >= 15 is 0 Å². The lowest BCUT2D eigenvalue weighted by molar-refractivity contribution is -0.124. The van der Waals surface area contributed by atoms with E-state index in [1.54, 1.807) is 19.1 Å². The number of para-hydroxylation sites is 1. The molecule has 1 aliphatic carbocycles. The third kappa shape index (κ3) is 3.00. The number of rotatable bonds is 4. The van der Waals surface area contributed by atoms with Gasteiger partial charge in [-0.05, 0) is 31.4 Å². The summed E-state index contributed by atoms with van der Waals surface area (Å²) < 4.78 is 4.84. The Morgan fingerprint density at radius 2 is 2.17 bits per heavy atom. The van der Waals surface area contributed by atoms with Crippen LogP contribution in [0.3, 0.4) is 0 Å². The number of aryl methyl sites for hydroxylation is 1. The zero-order valence-corrected chi connectivity index (χ0v) is 10.1. The van der Waals surface area contributed by atoms with Crippen LogP contribution in [0.5, 0.6) is 5.75 Å². The van der Waals surface area contributed by atoms with Gasteiger partial charge in [-0.3, -0.25) is 4.79 Å². The first kappa shape index (κ1) is 12.4. The second-order valence-electron chi connectivity index (χ2n) is 4.39. The Bertz CT molecular complexity index is 480. The molecule has 0 spiro atoms. The summed E-state index contributed by atoms with van der Waals surface area (Å²) >= 11 is 0. The summed E-state index contributed by atoms with van der Waals surface area (Å²) in [7, 11) is 0. The smallest absolute Gasteiger partial charge is 0.342 e. The van der Waals surface area contributed by atoms with E-state index in [4.69, 9.17) is 4.74 Å². The van der Waals surface area contributed by atoms with E-state index in [9.17, 15) is 14.7 Å². The summed E-state index contributed by atoms with van der Waals surface area (Å²) in [4.78, 5) is 23.0. The van der Waals surface area contributed by atoms with Gasteiger partial charge in [0, 0.05) is 6.04 Å². The number of carbonyl (C=O) groups excluding carboxylic acids is 2. The van der Waals surface area contributed by atoms with Crippen molar-refractivity contribution >= 4 is 11.9 Å². The highest BCUT2D eigenvalue weighted by molar-refractivity contribution is 5.94. The predicted molar refractivity (Wildman–Crippen MR) is 64.3 cm³/mol. The van der Waals surface area contributed by atoms with Crippen molar-refractivity contribution < 1.29 is 19.4 Å². The summed E-state index contributed by atoms with van der Waals surface area (Å²) in [6.45, 7) is 1.37. The van der Waals surface area contributed by atoms with Gasteiger partial charge in [0.05, 0.1) is 0 Å². The maximum atomic E-state index is 11.7. The molecule has 0 heterocycles. The molecule has 18 heavy (non-hydrogen) atoms. The number of esters is 1. The average Bonchev–Trinajstić information content (AvgIpc) is 3.13. The van der Waals surface area contributed by atoms with Gasteiger partial charge in [0.15, 0.2) is 6.61 Å². The van der Waals surface area contributed by atoms with Gasteiger partial charge in [-0.1, -0.05) is 12.1 Å². The molecule has 0 aromatic heterocycles. The highest BCUT2D eigenvalue weighted by Crippen LogP contribution is 2.22. The van der Waals surface area contributed by atoms with E-state index in [1.165, 1.54) is 6.07 Å². The van der Waals surface area contributed by atoms with Crippen LogP contribution in [0.1, 0.15) is 28.8 Å². The van der Waals surface area contributed by atoms with Gasteiger partial charge in [0.1, 0.15) is 11.3 Å². The number of ether oxygens (including phenoxy) is 1. The number of aromatic hydroxyl groups is 1. The number of carbonyl (C=O) groups is 2. The number of phenolic OH excluding ortho intramolecular Hbond substituents is 1. The Morgan fingerprint density at radius 3 is 2.83 bits per heavy atom. The minimum absolute atomic E-state index is 0.0780. The first-order valence-corrected chi connectivity index (χ1v) is 5.83. The Kier molecular flexibility index (Phi) is 3.50. The van der Waals surface area contributed by atoms with Gasteiger partial charge in [-0.2, -0.15) is 0 Å². The number of hydrogen-bond acceptors (Lipinski definition) is 4. The second-order valence-corrected chi connectivity index (χ2v) is 4.39. The number of benzene rings is 1. The molecule has 0 aliphatic heterocycles. The van der Waals surface area contributed by atoms with Gasteiger partial charge in [-0.25, -0.2) is 4.79 Å². The molecule has 0 unspecified atom stereocenters. The molecule has 1 amide bonds. The van der Waals surface area contributed by atoms with E-state index in [2.05, 4.69) is 5.32 Å². The first-order valence-electron chi connectivity index (χ1n) is 5.83. The maximum Gasteiger partial charge on any atom is 0.342 e. The molecule has 2 N–H and O–H groups in total. The molecule has 0 radical (unpaired) electrons. The molecule has 1 aliphatic rings. The lowest BCUT2D eigenvalue weighted by Crippen LogP contribution is -2.30. The zero-order chi connectivity index (χ0) is 13.1. The Labute approximate surface area is 105 Å². The minimum atomic E-state index is -0.692. The van der Waals surface area contributed by atoms with Crippen molar-refractivity contribution in [1.29, 1.82) is 0 Å². The van der Waals surface area contributed by atoms with Crippen molar-refractivity contribution in [3.05, 3.63) is 29.3 Å². The Morgan fingerprint density at radius 1 is 1.44 bits per heavy atom. The molecule has 1 saturated carbocycles. The SMILES string of the molecule is Cc1cccc(C(=O)OCC(=O)NC2CC2)c1O. The molecular formula is C13H15NO4. The van der Waals surface area contributed by atoms with Crippen LogP contribution in [0.4, 0.5) is 0 Å². The number of nitrogens with one attached hydrogen (secondary N) is 1. The Hall–Kier alpha value is -2.04. The highest BCUT2D eigenvalue weighted by atomic mass is 16.5. The molecular weight excluding hydrogens is 234 g/mol. The molecule has 1 fully saturated rings. The van der Waals surface area contributed by atoms with Crippen molar-refractivity contribution in [2.75, 3.05) is 6.61 Å². The van der Waals surface area contributed by atoms with Gasteiger partial charge in [0.25, 0.3) is 5.91 Å². The third-order valence-corrected chi connectivity index (χ3v) is 2.73. The van der Waals surface area contributed by atoms with Gasteiger partial charge in [-0.15, -0.1) is 0 Å². The topological polar surface area (TPSA) is 75.6 Å². The molecule has 5 heteroatoms. The fraction of sp³-hybridized carbons (Fsp3) is 0.385. The third-order valence-electron chi connectivity index (χ3n) is 2.73. The monoisotopic (exact) mass is 249 g/mol. The largest absolute Gasteiger partial charge is 0.507 e. The Balaban J connectivity index is 1.90. The van der Waals surface area contributed by atoms with E-state index in [-0.39, 0.29) is 29.9 Å². The summed E-state index contributed by atoms with van der Waals surface area (Å²) in [5.74, 6) is -1.11. The molecule has 2 rings (SSSR count). The van der Waals surface area contributed by atoms with Crippen LogP contribution in [0.15, 0.2) is 18.2 Å². The lowest BCUT2D eigenvalue weighted by atomic mass is 10.1. The standard InChI is InChI=1S/C13H15NO4/c1-8-3-2-4-10(12(8)16)13(17)18-7-11(15)14-9-5-6-9/h2-4,9,16H,5-7H2,1H3,(H,14,15). The molecule has 0 atom stereocenters.